The number of carbonyl (C=O) groups excluding carboxylic acids is 1. The topological polar surface area (TPSA) is 32.3 Å². The summed E-state index contributed by atoms with van der Waals surface area (Å²) >= 11 is 17.6. The van der Waals surface area contributed by atoms with Crippen molar-refractivity contribution >= 4 is 46.5 Å². The average Bonchev–Trinajstić information content (AvgIpc) is 2.79. The molecule has 90 valence electrons. The lowest BCUT2D eigenvalue weighted by Crippen LogP contribution is -2.32. The zero-order chi connectivity index (χ0) is 12.4. The number of carbonyl (C=O) groups is 1. The van der Waals surface area contributed by atoms with Crippen molar-refractivity contribution < 1.29 is 4.79 Å². The first-order valence-electron chi connectivity index (χ1n) is 4.93. The van der Waals surface area contributed by atoms with E-state index in [9.17, 15) is 4.79 Å². The number of nitrogens with one attached hydrogen (secondary N) is 1. The Bertz CT molecular complexity index is 480. The molecule has 0 unspecified atom stereocenters. The van der Waals surface area contributed by atoms with Crippen molar-refractivity contribution in [2.75, 3.05) is 18.4 Å². The monoisotopic (exact) mass is 290 g/mol. The first kappa shape index (κ1) is 12.6. The summed E-state index contributed by atoms with van der Waals surface area (Å²) in [7, 11) is 0. The molecule has 2 amide bonds. The van der Waals surface area contributed by atoms with Gasteiger partial charge in [-0.25, -0.2) is 4.79 Å². The number of halogens is 3. The van der Waals surface area contributed by atoms with Gasteiger partial charge in [0.15, 0.2) is 0 Å². The minimum Gasteiger partial charge on any atom is -0.317 e. The average molecular weight is 292 g/mol. The van der Waals surface area contributed by atoms with Gasteiger partial charge in [-0.2, -0.15) is 0 Å². The molecule has 0 aromatic heterocycles. The third-order valence-electron chi connectivity index (χ3n) is 2.36. The molecule has 1 aliphatic heterocycles. The van der Waals surface area contributed by atoms with Crippen molar-refractivity contribution in [3.8, 4) is 0 Å². The molecular weight excluding hydrogens is 282 g/mol. The van der Waals surface area contributed by atoms with Crippen LogP contribution in [0, 0.1) is 0 Å². The molecule has 0 spiro atoms. The third-order valence-corrected chi connectivity index (χ3v) is 3.39. The summed E-state index contributed by atoms with van der Waals surface area (Å²) < 4.78 is 0. The highest BCUT2D eigenvalue weighted by molar-refractivity contribution is 6.44. The highest BCUT2D eigenvalue weighted by atomic mass is 35.5. The van der Waals surface area contributed by atoms with Crippen LogP contribution in [0.2, 0.25) is 15.1 Å². The molecule has 3 nitrogen and oxygen atoms in total. The van der Waals surface area contributed by atoms with Crippen LogP contribution < -0.4 is 5.32 Å². The lowest BCUT2D eigenvalue weighted by Gasteiger charge is -2.17. The van der Waals surface area contributed by atoms with Gasteiger partial charge in [-0.15, -0.1) is 0 Å². The van der Waals surface area contributed by atoms with E-state index in [0.717, 1.165) is 0 Å². The van der Waals surface area contributed by atoms with Crippen molar-refractivity contribution in [2.45, 2.75) is 0 Å². The molecule has 1 aromatic rings. The number of rotatable bonds is 1. The van der Waals surface area contributed by atoms with Crippen LogP contribution >= 0.6 is 34.8 Å². The minimum absolute atomic E-state index is 0.213. The quantitative estimate of drug-likeness (QED) is 0.614. The van der Waals surface area contributed by atoms with Crippen LogP contribution in [-0.2, 0) is 0 Å². The number of hydrogen-bond donors (Lipinski definition) is 1. The van der Waals surface area contributed by atoms with E-state index in [2.05, 4.69) is 5.32 Å². The van der Waals surface area contributed by atoms with Crippen LogP contribution in [0.5, 0.6) is 0 Å². The summed E-state index contributed by atoms with van der Waals surface area (Å²) in [5, 5.41) is 3.76. The van der Waals surface area contributed by atoms with Gasteiger partial charge in [-0.1, -0.05) is 47.0 Å². The highest BCUT2D eigenvalue weighted by Gasteiger charge is 2.16. The van der Waals surface area contributed by atoms with Crippen LogP contribution in [0.3, 0.4) is 0 Å². The van der Waals surface area contributed by atoms with E-state index in [1.54, 1.807) is 4.90 Å². The van der Waals surface area contributed by atoms with Gasteiger partial charge in [-0.3, -0.25) is 0 Å². The summed E-state index contributed by atoms with van der Waals surface area (Å²) in [6.45, 7) is 1.20. The van der Waals surface area contributed by atoms with Crippen LogP contribution in [0.1, 0.15) is 0 Å². The maximum atomic E-state index is 11.8. The van der Waals surface area contributed by atoms with Crippen LogP contribution in [-0.4, -0.2) is 24.0 Å². The number of hydrogen-bond acceptors (Lipinski definition) is 1. The zero-order valence-corrected chi connectivity index (χ0v) is 11.0. The Morgan fingerprint density at radius 2 is 1.65 bits per heavy atom. The fraction of sp³-hybridized carbons (Fsp3) is 0.182. The van der Waals surface area contributed by atoms with Gasteiger partial charge in [0.25, 0.3) is 0 Å². The van der Waals surface area contributed by atoms with E-state index < -0.39 is 0 Å². The van der Waals surface area contributed by atoms with Crippen LogP contribution in [0.25, 0.3) is 0 Å². The molecule has 0 aliphatic carbocycles. The highest BCUT2D eigenvalue weighted by Crippen LogP contribution is 2.32. The van der Waals surface area contributed by atoms with Gasteiger partial charge < -0.3 is 10.2 Å². The molecular formula is C11H9Cl3N2O. The molecule has 0 bridgehead atoms. The normalized spacial score (nSPS) is 14.2. The first-order chi connectivity index (χ1) is 8.08. The largest absolute Gasteiger partial charge is 0.322 e. The molecule has 0 fully saturated rings. The molecule has 1 heterocycles. The van der Waals surface area contributed by atoms with Crippen molar-refractivity contribution in [1.29, 1.82) is 0 Å². The Morgan fingerprint density at radius 3 is 2.29 bits per heavy atom. The van der Waals surface area contributed by atoms with E-state index in [4.69, 9.17) is 34.8 Å². The van der Waals surface area contributed by atoms with Crippen LogP contribution in [0.15, 0.2) is 24.3 Å². The summed E-state index contributed by atoms with van der Waals surface area (Å²) in [5.41, 5.74) is 0.456. The molecule has 6 heteroatoms. The number of nitrogens with zero attached hydrogens (tertiary/aromatic N) is 1. The molecule has 17 heavy (non-hydrogen) atoms. The SMILES string of the molecule is O=C(Nc1cc(Cl)c(Cl)cc1Cl)N1CC=CC1. The molecule has 0 atom stereocenters. The second-order valence-corrected chi connectivity index (χ2v) is 4.77. The number of benzene rings is 1. The zero-order valence-electron chi connectivity index (χ0n) is 8.71. The Morgan fingerprint density at radius 1 is 1.06 bits per heavy atom. The predicted molar refractivity (Wildman–Crippen MR) is 71.2 cm³/mol. The minimum atomic E-state index is -0.213. The van der Waals surface area contributed by atoms with Gasteiger partial charge in [-0.05, 0) is 12.1 Å². The number of anilines is 1. The summed E-state index contributed by atoms with van der Waals surface area (Å²) in [4.78, 5) is 13.4. The molecule has 1 aromatic carbocycles. The van der Waals surface area contributed by atoms with Crippen molar-refractivity contribution in [2.24, 2.45) is 0 Å². The second-order valence-electron chi connectivity index (χ2n) is 3.55. The van der Waals surface area contributed by atoms with E-state index in [1.807, 2.05) is 12.2 Å². The van der Waals surface area contributed by atoms with Gasteiger partial charge in [0, 0.05) is 13.1 Å². The van der Waals surface area contributed by atoms with E-state index in [-0.39, 0.29) is 6.03 Å². The van der Waals surface area contributed by atoms with E-state index in [0.29, 0.717) is 33.8 Å². The van der Waals surface area contributed by atoms with E-state index >= 15 is 0 Å². The lowest BCUT2D eigenvalue weighted by atomic mass is 10.3. The molecule has 0 radical (unpaired) electrons. The number of amides is 2. The Balaban J connectivity index is 2.13. The van der Waals surface area contributed by atoms with Gasteiger partial charge in [0.1, 0.15) is 0 Å². The molecule has 0 saturated carbocycles. The summed E-state index contributed by atoms with van der Waals surface area (Å²) in [5.74, 6) is 0. The maximum absolute atomic E-state index is 11.8. The van der Waals surface area contributed by atoms with Gasteiger partial charge in [0.2, 0.25) is 0 Å². The molecule has 1 N–H and O–H groups in total. The van der Waals surface area contributed by atoms with Crippen molar-refractivity contribution in [1.82, 2.24) is 4.90 Å². The summed E-state index contributed by atoms with van der Waals surface area (Å²) in [6, 6.07) is 2.83. The fourth-order valence-electron chi connectivity index (χ4n) is 1.46. The molecule has 0 saturated heterocycles. The molecule has 2 rings (SSSR count). The summed E-state index contributed by atoms with van der Waals surface area (Å²) in [6.07, 6.45) is 3.85. The maximum Gasteiger partial charge on any atom is 0.322 e. The smallest absolute Gasteiger partial charge is 0.317 e. The second kappa shape index (κ2) is 5.17. The Kier molecular flexibility index (Phi) is 3.82. The van der Waals surface area contributed by atoms with Crippen molar-refractivity contribution in [3.63, 3.8) is 0 Å². The van der Waals surface area contributed by atoms with Crippen molar-refractivity contribution in [3.05, 3.63) is 39.4 Å². The first-order valence-corrected chi connectivity index (χ1v) is 6.07. The lowest BCUT2D eigenvalue weighted by molar-refractivity contribution is 0.224. The number of urea groups is 1. The standard InChI is InChI=1S/C11H9Cl3N2O/c12-7-5-9(14)10(6-8(7)13)15-11(17)16-3-1-2-4-16/h1-2,5-6H,3-4H2,(H,15,17). The third kappa shape index (κ3) is 2.86. The Labute approximate surface area is 114 Å². The Hall–Kier alpha value is -0.900. The van der Waals surface area contributed by atoms with Gasteiger partial charge in [0.05, 0.1) is 20.8 Å². The van der Waals surface area contributed by atoms with E-state index in [1.165, 1.54) is 12.1 Å². The van der Waals surface area contributed by atoms with Crippen LogP contribution in [0.4, 0.5) is 10.5 Å². The molecule has 1 aliphatic rings. The predicted octanol–water partition coefficient (Wildman–Crippen LogP) is 4.05. The van der Waals surface area contributed by atoms with Gasteiger partial charge >= 0.3 is 6.03 Å². The fourth-order valence-corrected chi connectivity index (χ4v) is 2.05.